The van der Waals surface area contributed by atoms with E-state index in [0.717, 1.165) is 16.4 Å². The van der Waals surface area contributed by atoms with Crippen molar-refractivity contribution in [2.24, 2.45) is 0 Å². The average Bonchev–Trinajstić information content (AvgIpc) is 2.50. The van der Waals surface area contributed by atoms with Crippen LogP contribution in [0.25, 0.3) is 5.65 Å². The number of aryl methyl sites for hydroxylation is 1. The van der Waals surface area contributed by atoms with Gasteiger partial charge in [0.05, 0.1) is 6.20 Å². The van der Waals surface area contributed by atoms with Crippen molar-refractivity contribution in [3.63, 3.8) is 0 Å². The van der Waals surface area contributed by atoms with E-state index in [9.17, 15) is 0 Å². The van der Waals surface area contributed by atoms with E-state index in [0.29, 0.717) is 5.25 Å². The third-order valence-corrected chi connectivity index (χ3v) is 2.81. The largest absolute Gasteiger partial charge is 0.234 e. The van der Waals surface area contributed by atoms with Gasteiger partial charge in [0, 0.05) is 17.0 Å². The summed E-state index contributed by atoms with van der Waals surface area (Å²) in [5.74, 6) is 0. The zero-order chi connectivity index (χ0) is 10.1. The van der Waals surface area contributed by atoms with Gasteiger partial charge in [-0.25, -0.2) is 9.50 Å². The van der Waals surface area contributed by atoms with Gasteiger partial charge in [0.25, 0.3) is 0 Å². The molecule has 0 aromatic carbocycles. The number of hydrogen-bond acceptors (Lipinski definition) is 3. The van der Waals surface area contributed by atoms with Gasteiger partial charge in [-0.05, 0) is 13.0 Å². The fourth-order valence-electron chi connectivity index (χ4n) is 1.33. The highest BCUT2D eigenvalue weighted by atomic mass is 32.2. The first-order chi connectivity index (χ1) is 6.66. The Balaban J connectivity index is 2.55. The third-order valence-electron chi connectivity index (χ3n) is 1.81. The van der Waals surface area contributed by atoms with Crippen LogP contribution in [-0.4, -0.2) is 19.8 Å². The van der Waals surface area contributed by atoms with Crippen LogP contribution in [0.1, 0.15) is 19.5 Å². The molecule has 0 bridgehead atoms. The highest BCUT2D eigenvalue weighted by molar-refractivity contribution is 7.99. The summed E-state index contributed by atoms with van der Waals surface area (Å²) < 4.78 is 1.89. The molecular formula is C10H13N3S. The zero-order valence-corrected chi connectivity index (χ0v) is 9.38. The number of hydrogen-bond donors (Lipinski definition) is 0. The number of nitrogens with zero attached hydrogens (tertiary/aromatic N) is 3. The fourth-order valence-corrected chi connectivity index (χ4v) is 2.29. The summed E-state index contributed by atoms with van der Waals surface area (Å²) in [6.45, 7) is 6.36. The minimum atomic E-state index is 0.559. The smallest absolute Gasteiger partial charge is 0.156 e. The van der Waals surface area contributed by atoms with Crippen molar-refractivity contribution in [2.45, 2.75) is 31.0 Å². The summed E-state index contributed by atoms with van der Waals surface area (Å²) in [6, 6.07) is 4.00. The van der Waals surface area contributed by atoms with Crippen LogP contribution in [0.2, 0.25) is 0 Å². The Morgan fingerprint density at radius 3 is 2.93 bits per heavy atom. The molecule has 3 nitrogen and oxygen atoms in total. The normalized spacial score (nSPS) is 11.4. The standard InChI is InChI=1S/C10H13N3S/c1-7(2)14-10-6-8(3)12-9-4-5-11-13(9)10/h4-7H,1-3H3. The first-order valence-electron chi connectivity index (χ1n) is 4.65. The van der Waals surface area contributed by atoms with Crippen LogP contribution < -0.4 is 0 Å². The van der Waals surface area contributed by atoms with Crippen LogP contribution in [0.5, 0.6) is 0 Å². The van der Waals surface area contributed by atoms with Crippen LogP contribution in [0, 0.1) is 6.92 Å². The lowest BCUT2D eigenvalue weighted by molar-refractivity contribution is 0.831. The van der Waals surface area contributed by atoms with E-state index >= 15 is 0 Å². The van der Waals surface area contributed by atoms with Gasteiger partial charge in [0.1, 0.15) is 5.03 Å². The van der Waals surface area contributed by atoms with Crippen molar-refractivity contribution in [3.05, 3.63) is 24.0 Å². The highest BCUT2D eigenvalue weighted by Crippen LogP contribution is 2.23. The van der Waals surface area contributed by atoms with Crippen molar-refractivity contribution >= 4 is 17.4 Å². The maximum atomic E-state index is 4.39. The van der Waals surface area contributed by atoms with Crippen LogP contribution in [0.4, 0.5) is 0 Å². The molecule has 0 saturated carbocycles. The summed E-state index contributed by atoms with van der Waals surface area (Å²) in [7, 11) is 0. The number of fused-ring (bicyclic) bond motifs is 1. The lowest BCUT2D eigenvalue weighted by Crippen LogP contribution is -1.99. The molecule has 0 N–H and O–H groups in total. The van der Waals surface area contributed by atoms with Gasteiger partial charge in [-0.2, -0.15) is 5.10 Å². The molecule has 0 aliphatic carbocycles. The minimum Gasteiger partial charge on any atom is -0.234 e. The van der Waals surface area contributed by atoms with Gasteiger partial charge in [0.2, 0.25) is 0 Å². The van der Waals surface area contributed by atoms with Gasteiger partial charge in [0.15, 0.2) is 5.65 Å². The molecule has 2 aromatic rings. The Morgan fingerprint density at radius 2 is 2.21 bits per heavy atom. The Morgan fingerprint density at radius 1 is 1.43 bits per heavy atom. The second-order valence-corrected chi connectivity index (χ2v) is 5.10. The monoisotopic (exact) mass is 207 g/mol. The van der Waals surface area contributed by atoms with Crippen molar-refractivity contribution < 1.29 is 0 Å². The van der Waals surface area contributed by atoms with Crippen molar-refractivity contribution in [3.8, 4) is 0 Å². The van der Waals surface area contributed by atoms with Gasteiger partial charge in [-0.3, -0.25) is 0 Å². The first kappa shape index (κ1) is 9.52. The second kappa shape index (κ2) is 3.61. The Hall–Kier alpha value is -1.03. The van der Waals surface area contributed by atoms with Crippen molar-refractivity contribution in [2.75, 3.05) is 0 Å². The molecule has 0 radical (unpaired) electrons. The summed E-state index contributed by atoms with van der Waals surface area (Å²) >= 11 is 1.81. The van der Waals surface area contributed by atoms with E-state index in [-0.39, 0.29) is 0 Å². The van der Waals surface area contributed by atoms with E-state index in [1.54, 1.807) is 6.20 Å². The number of thioether (sulfide) groups is 1. The van der Waals surface area contributed by atoms with Gasteiger partial charge < -0.3 is 0 Å². The number of rotatable bonds is 2. The van der Waals surface area contributed by atoms with Crippen molar-refractivity contribution in [1.82, 2.24) is 14.6 Å². The molecule has 14 heavy (non-hydrogen) atoms. The molecule has 4 heteroatoms. The molecule has 2 aromatic heterocycles. The quantitative estimate of drug-likeness (QED) is 0.560. The molecular weight excluding hydrogens is 194 g/mol. The van der Waals surface area contributed by atoms with E-state index in [4.69, 9.17) is 0 Å². The molecule has 0 atom stereocenters. The molecule has 2 heterocycles. The molecule has 2 rings (SSSR count). The molecule has 0 spiro atoms. The molecule has 0 fully saturated rings. The summed E-state index contributed by atoms with van der Waals surface area (Å²) in [6.07, 6.45) is 1.78. The molecule has 0 aliphatic rings. The first-order valence-corrected chi connectivity index (χ1v) is 5.53. The lowest BCUT2D eigenvalue weighted by atomic mass is 10.4. The van der Waals surface area contributed by atoms with Crippen LogP contribution >= 0.6 is 11.8 Å². The lowest BCUT2D eigenvalue weighted by Gasteiger charge is -2.07. The Bertz CT molecular complexity index is 448. The summed E-state index contributed by atoms with van der Waals surface area (Å²) in [5, 5.41) is 5.97. The SMILES string of the molecule is Cc1cc(SC(C)C)n2nccc2n1. The predicted octanol–water partition coefficient (Wildman–Crippen LogP) is 2.54. The maximum absolute atomic E-state index is 4.39. The zero-order valence-electron chi connectivity index (χ0n) is 8.56. The minimum absolute atomic E-state index is 0.559. The topological polar surface area (TPSA) is 30.2 Å². The molecule has 0 unspecified atom stereocenters. The van der Waals surface area contributed by atoms with Gasteiger partial charge in [-0.1, -0.05) is 13.8 Å². The maximum Gasteiger partial charge on any atom is 0.156 e. The Kier molecular flexibility index (Phi) is 2.46. The third kappa shape index (κ3) is 1.75. The van der Waals surface area contributed by atoms with Crippen LogP contribution in [0.15, 0.2) is 23.4 Å². The van der Waals surface area contributed by atoms with Crippen LogP contribution in [-0.2, 0) is 0 Å². The van der Waals surface area contributed by atoms with E-state index in [2.05, 4.69) is 30.0 Å². The van der Waals surface area contributed by atoms with E-state index in [1.807, 2.05) is 29.3 Å². The summed E-state index contributed by atoms with van der Waals surface area (Å²) in [4.78, 5) is 4.39. The highest BCUT2D eigenvalue weighted by Gasteiger charge is 2.06. The predicted molar refractivity (Wildman–Crippen MR) is 58.7 cm³/mol. The van der Waals surface area contributed by atoms with E-state index < -0.39 is 0 Å². The molecule has 0 amide bonds. The molecule has 74 valence electrons. The van der Waals surface area contributed by atoms with Gasteiger partial charge in [-0.15, -0.1) is 11.8 Å². The van der Waals surface area contributed by atoms with Crippen molar-refractivity contribution in [1.29, 1.82) is 0 Å². The van der Waals surface area contributed by atoms with E-state index in [1.165, 1.54) is 0 Å². The molecule has 0 aliphatic heterocycles. The second-order valence-electron chi connectivity index (χ2n) is 3.50. The molecule has 0 saturated heterocycles. The van der Waals surface area contributed by atoms with Gasteiger partial charge >= 0.3 is 0 Å². The Labute approximate surface area is 87.5 Å². The average molecular weight is 207 g/mol. The fraction of sp³-hybridized carbons (Fsp3) is 0.400. The summed E-state index contributed by atoms with van der Waals surface area (Å²) in [5.41, 5.74) is 1.97. The van der Waals surface area contributed by atoms with Crippen LogP contribution in [0.3, 0.4) is 0 Å². The number of aromatic nitrogens is 3.